The summed E-state index contributed by atoms with van der Waals surface area (Å²) < 4.78 is 11.2. The normalized spacial score (nSPS) is 10.5. The molecule has 100 valence electrons. The van der Waals surface area contributed by atoms with Crippen LogP contribution in [-0.4, -0.2) is 7.11 Å². The van der Waals surface area contributed by atoms with Crippen LogP contribution >= 0.6 is 0 Å². The summed E-state index contributed by atoms with van der Waals surface area (Å²) in [5.41, 5.74) is 3.32. The Labute approximate surface area is 118 Å². The van der Waals surface area contributed by atoms with Crippen LogP contribution in [0.1, 0.15) is 5.76 Å². The van der Waals surface area contributed by atoms with Gasteiger partial charge in [0.05, 0.1) is 7.11 Å². The van der Waals surface area contributed by atoms with Crippen LogP contribution in [-0.2, 0) is 0 Å². The Balaban J connectivity index is 2.04. The van der Waals surface area contributed by atoms with Gasteiger partial charge in [-0.25, -0.2) is 0 Å². The third-order valence-corrected chi connectivity index (χ3v) is 3.36. The first-order valence-electron chi connectivity index (χ1n) is 6.58. The molecule has 0 saturated carbocycles. The molecule has 20 heavy (non-hydrogen) atoms. The molecule has 0 atom stereocenters. The molecule has 0 aliphatic heterocycles. The fraction of sp³-hybridized carbons (Fsp3) is 0.111. The SMILES string of the molecule is COc1cccc(-c2cc(-c3ccccc3)c(C)o2)c1. The number of methoxy groups -OCH3 is 1. The Bertz CT molecular complexity index is 711. The Morgan fingerprint density at radius 2 is 1.60 bits per heavy atom. The van der Waals surface area contributed by atoms with Gasteiger partial charge in [-0.1, -0.05) is 42.5 Å². The summed E-state index contributed by atoms with van der Waals surface area (Å²) in [6.07, 6.45) is 0. The molecule has 0 unspecified atom stereocenters. The second kappa shape index (κ2) is 5.25. The number of hydrogen-bond acceptors (Lipinski definition) is 2. The molecule has 1 aromatic heterocycles. The summed E-state index contributed by atoms with van der Waals surface area (Å²) >= 11 is 0. The first kappa shape index (κ1) is 12.5. The van der Waals surface area contributed by atoms with Crippen molar-refractivity contribution in [3.63, 3.8) is 0 Å². The molecular formula is C18H16O2. The number of ether oxygens (including phenoxy) is 1. The number of benzene rings is 2. The van der Waals surface area contributed by atoms with Gasteiger partial charge in [-0.15, -0.1) is 0 Å². The van der Waals surface area contributed by atoms with Crippen molar-refractivity contribution in [2.45, 2.75) is 6.92 Å². The van der Waals surface area contributed by atoms with Crippen LogP contribution in [0.4, 0.5) is 0 Å². The summed E-state index contributed by atoms with van der Waals surface area (Å²) in [4.78, 5) is 0. The fourth-order valence-corrected chi connectivity index (χ4v) is 2.31. The molecule has 0 fully saturated rings. The molecular weight excluding hydrogens is 248 g/mol. The molecule has 2 heteroatoms. The van der Waals surface area contributed by atoms with E-state index >= 15 is 0 Å². The van der Waals surface area contributed by atoms with Crippen LogP contribution in [0, 0.1) is 6.92 Å². The summed E-state index contributed by atoms with van der Waals surface area (Å²) in [6, 6.07) is 20.2. The lowest BCUT2D eigenvalue weighted by Crippen LogP contribution is -1.82. The topological polar surface area (TPSA) is 22.4 Å². The molecule has 0 N–H and O–H groups in total. The van der Waals surface area contributed by atoms with Crippen LogP contribution in [0.25, 0.3) is 22.5 Å². The highest BCUT2D eigenvalue weighted by atomic mass is 16.5. The van der Waals surface area contributed by atoms with E-state index in [0.29, 0.717) is 0 Å². The van der Waals surface area contributed by atoms with E-state index in [1.807, 2.05) is 49.4 Å². The van der Waals surface area contributed by atoms with E-state index in [2.05, 4.69) is 18.2 Å². The van der Waals surface area contributed by atoms with Gasteiger partial charge in [0, 0.05) is 11.1 Å². The highest BCUT2D eigenvalue weighted by Crippen LogP contribution is 2.33. The molecule has 3 rings (SSSR count). The standard InChI is InChI=1S/C18H16O2/c1-13-17(14-7-4-3-5-8-14)12-18(20-13)15-9-6-10-16(11-15)19-2/h3-12H,1-2H3. The van der Waals surface area contributed by atoms with Gasteiger partial charge in [-0.3, -0.25) is 0 Å². The van der Waals surface area contributed by atoms with Gasteiger partial charge < -0.3 is 9.15 Å². The number of furan rings is 1. The predicted molar refractivity (Wildman–Crippen MR) is 80.9 cm³/mol. The van der Waals surface area contributed by atoms with E-state index in [4.69, 9.17) is 9.15 Å². The van der Waals surface area contributed by atoms with Gasteiger partial charge in [0.25, 0.3) is 0 Å². The number of rotatable bonds is 3. The minimum absolute atomic E-state index is 0.831. The molecule has 0 radical (unpaired) electrons. The molecule has 2 nitrogen and oxygen atoms in total. The maximum absolute atomic E-state index is 5.90. The van der Waals surface area contributed by atoms with Crippen molar-refractivity contribution in [2.75, 3.05) is 7.11 Å². The van der Waals surface area contributed by atoms with E-state index in [1.54, 1.807) is 7.11 Å². The van der Waals surface area contributed by atoms with E-state index in [0.717, 1.165) is 28.4 Å². The fourth-order valence-electron chi connectivity index (χ4n) is 2.31. The molecule has 0 aliphatic carbocycles. The maximum Gasteiger partial charge on any atom is 0.135 e. The van der Waals surface area contributed by atoms with E-state index in [1.165, 1.54) is 5.56 Å². The third-order valence-electron chi connectivity index (χ3n) is 3.36. The van der Waals surface area contributed by atoms with Gasteiger partial charge in [0.15, 0.2) is 0 Å². The highest BCUT2D eigenvalue weighted by Gasteiger charge is 2.11. The van der Waals surface area contributed by atoms with Crippen LogP contribution in [0.3, 0.4) is 0 Å². The van der Waals surface area contributed by atoms with Crippen LogP contribution < -0.4 is 4.74 Å². The Morgan fingerprint density at radius 1 is 0.850 bits per heavy atom. The van der Waals surface area contributed by atoms with Gasteiger partial charge in [-0.2, -0.15) is 0 Å². The molecule has 0 amide bonds. The van der Waals surface area contributed by atoms with E-state index < -0.39 is 0 Å². The smallest absolute Gasteiger partial charge is 0.135 e. The average Bonchev–Trinajstić information content (AvgIpc) is 2.90. The highest BCUT2D eigenvalue weighted by molar-refractivity contribution is 5.72. The molecule has 0 spiro atoms. The Hall–Kier alpha value is -2.48. The van der Waals surface area contributed by atoms with E-state index in [9.17, 15) is 0 Å². The summed E-state index contributed by atoms with van der Waals surface area (Å²) in [7, 11) is 1.67. The van der Waals surface area contributed by atoms with Crippen LogP contribution in [0.5, 0.6) is 5.75 Å². The maximum atomic E-state index is 5.90. The largest absolute Gasteiger partial charge is 0.497 e. The summed E-state index contributed by atoms with van der Waals surface area (Å²) in [5.74, 6) is 2.62. The van der Waals surface area contributed by atoms with E-state index in [-0.39, 0.29) is 0 Å². The van der Waals surface area contributed by atoms with Crippen molar-refractivity contribution >= 4 is 0 Å². The van der Waals surface area contributed by atoms with Gasteiger partial charge >= 0.3 is 0 Å². The lowest BCUT2D eigenvalue weighted by molar-refractivity contribution is 0.414. The molecule has 0 aliphatic rings. The summed E-state index contributed by atoms with van der Waals surface area (Å²) in [5, 5.41) is 0. The molecule has 1 heterocycles. The average molecular weight is 264 g/mol. The molecule has 3 aromatic rings. The first-order chi connectivity index (χ1) is 9.78. The van der Waals surface area contributed by atoms with Crippen molar-refractivity contribution in [1.82, 2.24) is 0 Å². The quantitative estimate of drug-likeness (QED) is 0.669. The zero-order valence-electron chi connectivity index (χ0n) is 11.6. The Kier molecular flexibility index (Phi) is 3.30. The van der Waals surface area contributed by atoms with Gasteiger partial charge in [0.2, 0.25) is 0 Å². The number of hydrogen-bond donors (Lipinski definition) is 0. The van der Waals surface area contributed by atoms with Crippen molar-refractivity contribution in [1.29, 1.82) is 0 Å². The van der Waals surface area contributed by atoms with Crippen molar-refractivity contribution in [3.05, 3.63) is 66.4 Å². The van der Waals surface area contributed by atoms with Crippen LogP contribution in [0.15, 0.2) is 65.1 Å². The predicted octanol–water partition coefficient (Wildman–Crippen LogP) is 4.93. The number of aryl methyl sites for hydroxylation is 1. The third kappa shape index (κ3) is 2.32. The monoisotopic (exact) mass is 264 g/mol. The zero-order valence-corrected chi connectivity index (χ0v) is 11.6. The van der Waals surface area contributed by atoms with Crippen molar-refractivity contribution in [2.24, 2.45) is 0 Å². The van der Waals surface area contributed by atoms with Crippen LogP contribution in [0.2, 0.25) is 0 Å². The molecule has 2 aromatic carbocycles. The molecule has 0 bridgehead atoms. The second-order valence-electron chi connectivity index (χ2n) is 4.68. The van der Waals surface area contributed by atoms with Gasteiger partial charge in [-0.05, 0) is 30.7 Å². The first-order valence-corrected chi connectivity index (χ1v) is 6.58. The lowest BCUT2D eigenvalue weighted by Gasteiger charge is -2.01. The lowest BCUT2D eigenvalue weighted by atomic mass is 10.1. The van der Waals surface area contributed by atoms with Crippen molar-refractivity contribution in [3.8, 4) is 28.2 Å². The zero-order chi connectivity index (χ0) is 13.9. The minimum Gasteiger partial charge on any atom is -0.497 e. The second-order valence-corrected chi connectivity index (χ2v) is 4.68. The van der Waals surface area contributed by atoms with Gasteiger partial charge in [0.1, 0.15) is 17.3 Å². The van der Waals surface area contributed by atoms with Crippen molar-refractivity contribution < 1.29 is 9.15 Å². The minimum atomic E-state index is 0.831. The molecule has 0 saturated heterocycles. The summed E-state index contributed by atoms with van der Waals surface area (Å²) in [6.45, 7) is 1.99. The Morgan fingerprint density at radius 3 is 2.35 bits per heavy atom.